The fourth-order valence-electron chi connectivity index (χ4n) is 3.13. The summed E-state index contributed by atoms with van der Waals surface area (Å²) in [4.78, 5) is 0. The number of rotatable bonds is 3. The van der Waals surface area contributed by atoms with Crippen LogP contribution in [0.4, 0.5) is 0 Å². The smallest absolute Gasteiger partial charge is 0.0594 e. The normalized spacial score (nSPS) is 12.5. The lowest BCUT2D eigenvalue weighted by Gasteiger charge is -2.24. The van der Waals surface area contributed by atoms with E-state index in [1.807, 2.05) is 7.05 Å². The van der Waals surface area contributed by atoms with E-state index >= 15 is 0 Å². The summed E-state index contributed by atoms with van der Waals surface area (Å²) in [5, 5.41) is 4.27. The average Bonchev–Trinajstić information content (AvgIpc) is 2.38. The summed E-state index contributed by atoms with van der Waals surface area (Å²) in [5.41, 5.74) is 8.90. The van der Waals surface area contributed by atoms with E-state index in [0.29, 0.717) is 0 Å². The number of hydrogen-bond acceptors (Lipinski definition) is 1. The summed E-state index contributed by atoms with van der Waals surface area (Å²) in [6, 6.07) is 8.87. The monoisotopic (exact) mass is 301 g/mol. The Kier molecular flexibility index (Phi) is 4.75. The van der Waals surface area contributed by atoms with Crippen molar-refractivity contribution in [2.24, 2.45) is 0 Å². The maximum atomic E-state index is 6.52. The summed E-state index contributed by atoms with van der Waals surface area (Å²) in [7, 11) is 1.99. The molecule has 2 aromatic rings. The van der Waals surface area contributed by atoms with E-state index in [0.717, 1.165) is 10.6 Å². The minimum Gasteiger partial charge on any atom is -0.309 e. The predicted molar refractivity (Wildman–Crippen MR) is 92.5 cm³/mol. The van der Waals surface area contributed by atoms with Crippen LogP contribution in [0.15, 0.2) is 24.3 Å². The molecule has 2 heteroatoms. The summed E-state index contributed by atoms with van der Waals surface area (Å²) in [5.74, 6) is 0. The second-order valence-corrected chi connectivity index (χ2v) is 6.40. The number of halogens is 1. The lowest BCUT2D eigenvalue weighted by molar-refractivity contribution is 0.682. The lowest BCUT2D eigenvalue weighted by atomic mass is 9.89. The van der Waals surface area contributed by atoms with Crippen molar-refractivity contribution in [3.8, 4) is 0 Å². The highest BCUT2D eigenvalue weighted by molar-refractivity contribution is 6.31. The Labute approximate surface area is 133 Å². The fraction of sp³-hybridized carbons (Fsp3) is 0.368. The molecule has 0 aliphatic rings. The van der Waals surface area contributed by atoms with Gasteiger partial charge in [0, 0.05) is 5.02 Å². The molecule has 0 saturated carbocycles. The number of aryl methyl sites for hydroxylation is 5. The van der Waals surface area contributed by atoms with Gasteiger partial charge in [-0.1, -0.05) is 35.4 Å². The van der Waals surface area contributed by atoms with Gasteiger partial charge in [-0.2, -0.15) is 0 Å². The highest BCUT2D eigenvalue weighted by Crippen LogP contribution is 2.34. The molecule has 0 heterocycles. The average molecular weight is 302 g/mol. The molecular weight excluding hydrogens is 278 g/mol. The van der Waals surface area contributed by atoms with Crippen molar-refractivity contribution in [3.63, 3.8) is 0 Å². The van der Waals surface area contributed by atoms with Crippen LogP contribution in [0.1, 0.15) is 45.0 Å². The van der Waals surface area contributed by atoms with Gasteiger partial charge in [-0.05, 0) is 81.1 Å². The molecule has 2 aromatic carbocycles. The quantitative estimate of drug-likeness (QED) is 0.822. The Morgan fingerprint density at radius 1 is 0.810 bits per heavy atom. The van der Waals surface area contributed by atoms with Crippen molar-refractivity contribution in [2.45, 2.75) is 40.7 Å². The molecule has 0 radical (unpaired) electrons. The van der Waals surface area contributed by atoms with Gasteiger partial charge in [-0.25, -0.2) is 0 Å². The summed E-state index contributed by atoms with van der Waals surface area (Å²) >= 11 is 6.52. The molecule has 1 atom stereocenters. The van der Waals surface area contributed by atoms with E-state index in [-0.39, 0.29) is 6.04 Å². The molecule has 1 unspecified atom stereocenters. The van der Waals surface area contributed by atoms with Crippen molar-refractivity contribution in [2.75, 3.05) is 7.05 Å². The minimum atomic E-state index is 0.123. The molecule has 112 valence electrons. The van der Waals surface area contributed by atoms with Gasteiger partial charge in [0.15, 0.2) is 0 Å². The SMILES string of the molecule is CNC(c1cc(C)c(C)cc1Cl)c1c(C)cc(C)cc1C. The van der Waals surface area contributed by atoms with Gasteiger partial charge in [0.25, 0.3) is 0 Å². The zero-order valence-electron chi connectivity index (χ0n) is 13.8. The van der Waals surface area contributed by atoms with E-state index in [2.05, 4.69) is 64.2 Å². The molecule has 21 heavy (non-hydrogen) atoms. The van der Waals surface area contributed by atoms with E-state index in [1.54, 1.807) is 0 Å². The zero-order valence-corrected chi connectivity index (χ0v) is 14.5. The third-order valence-electron chi connectivity index (χ3n) is 4.24. The Balaban J connectivity index is 2.63. The van der Waals surface area contributed by atoms with Crippen LogP contribution in [0.25, 0.3) is 0 Å². The van der Waals surface area contributed by atoms with Crippen LogP contribution < -0.4 is 5.32 Å². The summed E-state index contributed by atoms with van der Waals surface area (Å²) in [6.45, 7) is 10.7. The first-order valence-corrected chi connectivity index (χ1v) is 7.74. The third kappa shape index (κ3) is 3.14. The molecule has 0 spiro atoms. The Bertz CT molecular complexity index is 651. The van der Waals surface area contributed by atoms with Crippen molar-refractivity contribution < 1.29 is 0 Å². The molecule has 0 aliphatic carbocycles. The Morgan fingerprint density at radius 3 is 1.86 bits per heavy atom. The van der Waals surface area contributed by atoms with Gasteiger partial charge < -0.3 is 5.32 Å². The van der Waals surface area contributed by atoms with Gasteiger partial charge in [-0.15, -0.1) is 0 Å². The molecule has 0 saturated heterocycles. The van der Waals surface area contributed by atoms with Crippen LogP contribution in [-0.4, -0.2) is 7.05 Å². The van der Waals surface area contributed by atoms with Crippen molar-refractivity contribution in [1.29, 1.82) is 0 Å². The molecule has 0 aromatic heterocycles. The zero-order chi connectivity index (χ0) is 15.7. The maximum Gasteiger partial charge on any atom is 0.0594 e. The number of nitrogens with one attached hydrogen (secondary N) is 1. The van der Waals surface area contributed by atoms with Crippen molar-refractivity contribution in [3.05, 3.63) is 68.2 Å². The Hall–Kier alpha value is -1.31. The molecule has 0 fully saturated rings. The van der Waals surface area contributed by atoms with Gasteiger partial charge in [0.05, 0.1) is 6.04 Å². The largest absolute Gasteiger partial charge is 0.309 e. The maximum absolute atomic E-state index is 6.52. The fourth-order valence-corrected chi connectivity index (χ4v) is 3.45. The van der Waals surface area contributed by atoms with E-state index in [9.17, 15) is 0 Å². The Morgan fingerprint density at radius 2 is 1.33 bits per heavy atom. The third-order valence-corrected chi connectivity index (χ3v) is 4.57. The van der Waals surface area contributed by atoms with Crippen LogP contribution in [-0.2, 0) is 0 Å². The highest BCUT2D eigenvalue weighted by Gasteiger charge is 2.20. The molecule has 0 bridgehead atoms. The van der Waals surface area contributed by atoms with Gasteiger partial charge in [-0.3, -0.25) is 0 Å². The van der Waals surface area contributed by atoms with Crippen LogP contribution in [0, 0.1) is 34.6 Å². The molecule has 2 rings (SSSR count). The van der Waals surface area contributed by atoms with E-state index in [1.165, 1.54) is 33.4 Å². The van der Waals surface area contributed by atoms with E-state index in [4.69, 9.17) is 11.6 Å². The molecule has 0 amide bonds. The van der Waals surface area contributed by atoms with Crippen LogP contribution in [0.2, 0.25) is 5.02 Å². The predicted octanol–water partition coefficient (Wildman–Crippen LogP) is 5.19. The minimum absolute atomic E-state index is 0.123. The molecule has 1 N–H and O–H groups in total. The van der Waals surface area contributed by atoms with Gasteiger partial charge in [0.1, 0.15) is 0 Å². The second-order valence-electron chi connectivity index (χ2n) is 5.99. The lowest BCUT2D eigenvalue weighted by Crippen LogP contribution is -2.20. The van der Waals surface area contributed by atoms with Crippen molar-refractivity contribution in [1.82, 2.24) is 5.32 Å². The van der Waals surface area contributed by atoms with Crippen molar-refractivity contribution >= 4 is 11.6 Å². The van der Waals surface area contributed by atoms with Crippen LogP contribution in [0.5, 0.6) is 0 Å². The summed E-state index contributed by atoms with van der Waals surface area (Å²) in [6.07, 6.45) is 0. The van der Waals surface area contributed by atoms with Crippen LogP contribution in [0.3, 0.4) is 0 Å². The summed E-state index contributed by atoms with van der Waals surface area (Å²) < 4.78 is 0. The first kappa shape index (κ1) is 16.1. The topological polar surface area (TPSA) is 12.0 Å². The number of hydrogen-bond donors (Lipinski definition) is 1. The van der Waals surface area contributed by atoms with Crippen LogP contribution >= 0.6 is 11.6 Å². The van der Waals surface area contributed by atoms with Gasteiger partial charge >= 0.3 is 0 Å². The second kappa shape index (κ2) is 6.21. The standard InChI is InChI=1S/C19H24ClN/c1-11-7-14(4)18(15(5)8-11)19(21-6)16-9-12(2)13(3)10-17(16)20/h7-10,19,21H,1-6H3. The highest BCUT2D eigenvalue weighted by atomic mass is 35.5. The first-order chi connectivity index (χ1) is 9.85. The van der Waals surface area contributed by atoms with E-state index < -0.39 is 0 Å². The number of benzene rings is 2. The molecular formula is C19H24ClN. The first-order valence-electron chi connectivity index (χ1n) is 7.36. The molecule has 1 nitrogen and oxygen atoms in total. The molecule has 0 aliphatic heterocycles. The van der Waals surface area contributed by atoms with Gasteiger partial charge in [0.2, 0.25) is 0 Å².